The van der Waals surface area contributed by atoms with Gasteiger partial charge in [0.2, 0.25) is 0 Å². The summed E-state index contributed by atoms with van der Waals surface area (Å²) in [6, 6.07) is 14.0. The summed E-state index contributed by atoms with van der Waals surface area (Å²) in [5.41, 5.74) is 2.07. The third kappa shape index (κ3) is 4.95. The Labute approximate surface area is 166 Å². The highest BCUT2D eigenvalue weighted by Crippen LogP contribution is 2.31. The van der Waals surface area contributed by atoms with Crippen LogP contribution in [-0.2, 0) is 13.1 Å². The Morgan fingerprint density at radius 2 is 1.86 bits per heavy atom. The molecule has 0 spiro atoms. The van der Waals surface area contributed by atoms with E-state index in [-0.39, 0.29) is 18.4 Å². The zero-order chi connectivity index (χ0) is 19.9. The molecule has 1 aliphatic heterocycles. The minimum absolute atomic E-state index is 0.164. The zero-order valence-corrected chi connectivity index (χ0v) is 16.7. The lowest BCUT2D eigenvalue weighted by molar-refractivity contribution is 0.0495. The number of aliphatic hydroxyl groups excluding tert-OH is 1. The molecule has 0 aromatic heterocycles. The molecular formula is C22H30N2O4. The van der Waals surface area contributed by atoms with Crippen LogP contribution in [0.4, 0.5) is 0 Å². The van der Waals surface area contributed by atoms with Crippen LogP contribution in [0.25, 0.3) is 0 Å². The number of aromatic hydroxyl groups is 1. The minimum atomic E-state index is 0.164. The van der Waals surface area contributed by atoms with Crippen LogP contribution in [0.5, 0.6) is 17.2 Å². The van der Waals surface area contributed by atoms with Gasteiger partial charge >= 0.3 is 0 Å². The van der Waals surface area contributed by atoms with E-state index in [4.69, 9.17) is 9.47 Å². The number of phenols is 1. The van der Waals surface area contributed by atoms with Gasteiger partial charge < -0.3 is 19.7 Å². The van der Waals surface area contributed by atoms with Crippen LogP contribution in [0, 0.1) is 0 Å². The first-order valence-corrected chi connectivity index (χ1v) is 9.69. The summed E-state index contributed by atoms with van der Waals surface area (Å²) in [6.07, 6.45) is 0.727. The second-order valence-electron chi connectivity index (χ2n) is 7.19. The molecule has 28 heavy (non-hydrogen) atoms. The van der Waals surface area contributed by atoms with Crippen molar-refractivity contribution in [3.8, 4) is 17.2 Å². The number of benzene rings is 2. The fourth-order valence-electron chi connectivity index (χ4n) is 3.84. The fourth-order valence-corrected chi connectivity index (χ4v) is 3.84. The maximum absolute atomic E-state index is 10.4. The van der Waals surface area contributed by atoms with E-state index >= 15 is 0 Å². The topological polar surface area (TPSA) is 65.4 Å². The van der Waals surface area contributed by atoms with E-state index in [9.17, 15) is 10.2 Å². The van der Waals surface area contributed by atoms with E-state index in [0.29, 0.717) is 12.3 Å². The second-order valence-corrected chi connectivity index (χ2v) is 7.19. The van der Waals surface area contributed by atoms with Crippen LogP contribution in [0.1, 0.15) is 17.5 Å². The smallest absolute Gasteiger partial charge is 0.162 e. The number of methoxy groups -OCH3 is 2. The quantitative estimate of drug-likeness (QED) is 0.727. The highest BCUT2D eigenvalue weighted by molar-refractivity contribution is 5.45. The summed E-state index contributed by atoms with van der Waals surface area (Å²) in [5, 5.41) is 19.9. The molecule has 152 valence electrons. The largest absolute Gasteiger partial charge is 0.504 e. The summed E-state index contributed by atoms with van der Waals surface area (Å²) >= 11 is 0. The molecule has 0 amide bonds. The Morgan fingerprint density at radius 1 is 1.04 bits per heavy atom. The zero-order valence-electron chi connectivity index (χ0n) is 16.7. The van der Waals surface area contributed by atoms with Crippen molar-refractivity contribution in [2.45, 2.75) is 25.6 Å². The number of rotatable bonds is 8. The summed E-state index contributed by atoms with van der Waals surface area (Å²) in [7, 11) is 3.24. The molecular weight excluding hydrogens is 356 g/mol. The lowest BCUT2D eigenvalue weighted by Gasteiger charge is -2.41. The summed E-state index contributed by atoms with van der Waals surface area (Å²) in [4.78, 5) is 4.75. The van der Waals surface area contributed by atoms with E-state index < -0.39 is 0 Å². The molecule has 1 atom stereocenters. The summed E-state index contributed by atoms with van der Waals surface area (Å²) in [6.45, 7) is 4.33. The molecule has 0 radical (unpaired) electrons. The van der Waals surface area contributed by atoms with Crippen LogP contribution < -0.4 is 9.47 Å². The molecule has 2 aromatic carbocycles. The number of ether oxygens (including phenoxy) is 2. The molecule has 6 heteroatoms. The van der Waals surface area contributed by atoms with Gasteiger partial charge in [-0.3, -0.25) is 9.80 Å². The number of piperazine rings is 1. The Kier molecular flexibility index (Phi) is 7.14. The molecule has 1 saturated heterocycles. The molecule has 1 aliphatic rings. The van der Waals surface area contributed by atoms with E-state index in [0.717, 1.165) is 43.9 Å². The number of phenolic OH excluding ortho intramolecular Hbond substituents is 1. The lowest BCUT2D eigenvalue weighted by atomic mass is 10.1. The van der Waals surface area contributed by atoms with Gasteiger partial charge in [0, 0.05) is 50.9 Å². The standard InChI is InChI=1S/C22H30N2O4/c1-27-20-7-3-5-17(13-20)14-24-11-10-23(16-19(24)9-12-25)15-18-6-4-8-21(28-2)22(18)26/h3-8,13,19,25-26H,9-12,14-16H2,1-2H3/t19-/m0/s1. The number of hydrogen-bond donors (Lipinski definition) is 2. The van der Waals surface area contributed by atoms with Crippen molar-refractivity contribution >= 4 is 0 Å². The number of aliphatic hydroxyl groups is 1. The maximum Gasteiger partial charge on any atom is 0.162 e. The highest BCUT2D eigenvalue weighted by atomic mass is 16.5. The van der Waals surface area contributed by atoms with Gasteiger partial charge in [-0.15, -0.1) is 0 Å². The van der Waals surface area contributed by atoms with Gasteiger partial charge in [-0.25, -0.2) is 0 Å². The van der Waals surface area contributed by atoms with E-state index in [2.05, 4.69) is 21.9 Å². The molecule has 1 heterocycles. The van der Waals surface area contributed by atoms with Crippen LogP contribution in [0.15, 0.2) is 42.5 Å². The molecule has 3 rings (SSSR count). The normalized spacial score (nSPS) is 18.2. The average molecular weight is 386 g/mol. The van der Waals surface area contributed by atoms with Gasteiger partial charge in [0.15, 0.2) is 11.5 Å². The van der Waals surface area contributed by atoms with E-state index in [1.807, 2.05) is 24.3 Å². The predicted molar refractivity (Wildman–Crippen MR) is 109 cm³/mol. The van der Waals surface area contributed by atoms with Gasteiger partial charge in [-0.1, -0.05) is 24.3 Å². The average Bonchev–Trinajstić information content (AvgIpc) is 2.72. The van der Waals surface area contributed by atoms with Gasteiger partial charge in [0.1, 0.15) is 5.75 Å². The first-order chi connectivity index (χ1) is 13.6. The molecule has 1 fully saturated rings. The molecule has 6 nitrogen and oxygen atoms in total. The van der Waals surface area contributed by atoms with Crippen LogP contribution in [0.2, 0.25) is 0 Å². The van der Waals surface area contributed by atoms with Gasteiger partial charge in [0.25, 0.3) is 0 Å². The SMILES string of the molecule is COc1cccc(CN2CCN(Cc3cccc(OC)c3O)C[C@@H]2CCO)c1. The Morgan fingerprint density at radius 3 is 2.61 bits per heavy atom. The minimum Gasteiger partial charge on any atom is -0.504 e. The fraction of sp³-hybridized carbons (Fsp3) is 0.455. The number of para-hydroxylation sites is 1. The number of hydrogen-bond acceptors (Lipinski definition) is 6. The van der Waals surface area contributed by atoms with Crippen molar-refractivity contribution in [1.82, 2.24) is 9.80 Å². The Hall–Kier alpha value is -2.28. The van der Waals surface area contributed by atoms with Crippen molar-refractivity contribution in [2.75, 3.05) is 40.5 Å². The first kappa shape index (κ1) is 20.5. The third-order valence-electron chi connectivity index (χ3n) is 5.37. The van der Waals surface area contributed by atoms with E-state index in [1.54, 1.807) is 20.3 Å². The first-order valence-electron chi connectivity index (χ1n) is 9.69. The van der Waals surface area contributed by atoms with Crippen LogP contribution in [-0.4, -0.2) is 66.5 Å². The summed E-state index contributed by atoms with van der Waals surface area (Å²) < 4.78 is 10.5. The third-order valence-corrected chi connectivity index (χ3v) is 5.37. The molecule has 0 saturated carbocycles. The van der Waals surface area contributed by atoms with Gasteiger partial charge in [0.05, 0.1) is 14.2 Å². The van der Waals surface area contributed by atoms with Crippen molar-refractivity contribution in [3.63, 3.8) is 0 Å². The molecule has 2 N–H and O–H groups in total. The molecule has 0 aliphatic carbocycles. The maximum atomic E-state index is 10.4. The molecule has 0 unspecified atom stereocenters. The van der Waals surface area contributed by atoms with Crippen LogP contribution >= 0.6 is 0 Å². The predicted octanol–water partition coefficient (Wildman–Crippen LogP) is 2.48. The van der Waals surface area contributed by atoms with Crippen molar-refractivity contribution in [1.29, 1.82) is 0 Å². The van der Waals surface area contributed by atoms with Crippen LogP contribution in [0.3, 0.4) is 0 Å². The molecule has 2 aromatic rings. The van der Waals surface area contributed by atoms with Gasteiger partial charge in [-0.05, 0) is 30.2 Å². The Balaban J connectivity index is 1.66. The van der Waals surface area contributed by atoms with Crippen molar-refractivity contribution in [3.05, 3.63) is 53.6 Å². The summed E-state index contributed by atoms with van der Waals surface area (Å²) in [5.74, 6) is 1.58. The van der Waals surface area contributed by atoms with E-state index in [1.165, 1.54) is 5.56 Å². The lowest BCUT2D eigenvalue weighted by Crippen LogP contribution is -2.52. The Bertz CT molecular complexity index is 768. The monoisotopic (exact) mass is 386 g/mol. The highest BCUT2D eigenvalue weighted by Gasteiger charge is 2.27. The van der Waals surface area contributed by atoms with Crippen molar-refractivity contribution < 1.29 is 19.7 Å². The van der Waals surface area contributed by atoms with Gasteiger partial charge in [-0.2, -0.15) is 0 Å². The second kappa shape index (κ2) is 9.78. The number of nitrogens with zero attached hydrogens (tertiary/aromatic N) is 2. The molecule has 0 bridgehead atoms. The van der Waals surface area contributed by atoms with Crippen molar-refractivity contribution in [2.24, 2.45) is 0 Å².